The molecule has 36 nitrogen and oxygen atoms in total. The molecule has 10 N–H and O–H groups in total. The van der Waals surface area contributed by atoms with Crippen LogP contribution in [-0.2, 0) is 71.5 Å². The van der Waals surface area contributed by atoms with E-state index in [9.17, 15) is 28.8 Å². The highest BCUT2D eigenvalue weighted by atomic mass is 16.5. The first-order chi connectivity index (χ1) is 66.7. The molecule has 20 aromatic rings. The maximum Gasteiger partial charge on any atom is 0.274 e. The average molecular weight is 1840 g/mol. The number of aromatic nitrogens is 24. The topological polar surface area (TPSA) is 445 Å². The SMILES string of the molecule is CC(C)c1ccc(NCc2cc(=O)n3[nH]c(-c4ccccc4)nc3n2)cc1.CCc1ccc(NCc2cc(=O)n3[nH]c(C)nc3n2)cc1.CCc1ccc(NCc2cc(=O)n3[nH]c(C4CC4)nc3n2)cc1.CCc1ccc(NCc2cc(=O)n3[nH]cnc3n2)cc1.CCc1ccc(OCc2cc(=O)n3[nH]c(-c4ccccc4)nc3n2)cc1.CCc1ccc(OCc2cc(=O)n3[nH]cnc3n2)cc1. The van der Waals surface area contributed by atoms with Gasteiger partial charge in [-0.15, -0.1) is 0 Å². The van der Waals surface area contributed by atoms with Gasteiger partial charge in [0.1, 0.15) is 49.0 Å². The van der Waals surface area contributed by atoms with Gasteiger partial charge in [-0.25, -0.2) is 39.9 Å². The fourth-order valence-corrected chi connectivity index (χ4v) is 14.4. The van der Waals surface area contributed by atoms with Crippen LogP contribution < -0.4 is 64.1 Å². The Labute approximate surface area is 783 Å². The molecule has 12 aromatic heterocycles. The Morgan fingerprint density at radius 2 is 0.628 bits per heavy atom. The van der Waals surface area contributed by atoms with Crippen molar-refractivity contribution in [1.82, 2.24) is 117 Å². The summed E-state index contributed by atoms with van der Waals surface area (Å²) in [5, 5.41) is 30.4. The minimum Gasteiger partial charge on any atom is -0.487 e. The fourth-order valence-electron chi connectivity index (χ4n) is 14.4. The minimum absolute atomic E-state index is 0.118. The lowest BCUT2D eigenvalue weighted by atomic mass is 10.0. The van der Waals surface area contributed by atoms with Crippen LogP contribution in [0, 0.1) is 6.92 Å². The molecular weight excluding hydrogens is 1730 g/mol. The second kappa shape index (κ2) is 43.8. The Balaban J connectivity index is 0.000000119. The number of hydrogen-bond acceptors (Lipinski definition) is 24. The van der Waals surface area contributed by atoms with Crippen LogP contribution in [0.1, 0.15) is 152 Å². The second-order valence-electron chi connectivity index (χ2n) is 32.6. The maximum absolute atomic E-state index is 12.4. The lowest BCUT2D eigenvalue weighted by Gasteiger charge is -2.09. The number of hydrogen-bond donors (Lipinski definition) is 10. The lowest BCUT2D eigenvalue weighted by Crippen LogP contribution is -2.17. The standard InChI is InChI=1S/C21H21N5O.C20H18N4O2.C17H19N5O.C15H17N5O.C14H15N5O.C14H14N4O2/c1-14(2)15-8-10-17(11-9-15)22-13-18-12-19(27)26-21(23-18)24-20(25-26)16-6-4-3-5-7-16;1-2-14-8-10-17(11-9-14)26-13-16-12-18(25)24-20(21-16)22-19(23-24)15-6-4-3-5-7-15;1-2-11-3-7-13(8-4-11)18-10-14-9-15(23)22-17(19-14)20-16(21-22)12-5-6-12;1-3-11-4-6-12(7-5-11)16-9-13-8-14(21)20-15(18-13)17-10(2)19-20;1-2-10-3-5-11(6-4-10)15-8-12-7-13(20)19-14(18-12)16-9-17-19;1-2-10-3-5-12(6-4-10)20-8-11-7-13(19)18-14(17-11)15-9-16-18/h3-12,14,22H,13H2,1-2H3,(H,23,24,25);3-12H,2,13H2,1H3,(H,21,22,23);3-4,7-9,12,18H,2,5-6,10H2,1H3,(H,19,20,21);4-8,16H,3,9H2,1-2H3,(H,17,18,19);3-7,9,15H,2,8H2,1H3,(H,16,17,18);3-7,9H,2,8H2,1H3,(H,15,16,17). The third-order valence-electron chi connectivity index (χ3n) is 22.4. The predicted octanol–water partition coefficient (Wildman–Crippen LogP) is 14.6. The predicted molar refractivity (Wildman–Crippen MR) is 527 cm³/mol. The van der Waals surface area contributed by atoms with Gasteiger partial charge in [0.05, 0.1) is 60.3 Å². The summed E-state index contributed by atoms with van der Waals surface area (Å²) in [5.41, 5.74) is 16.3. The van der Waals surface area contributed by atoms with Gasteiger partial charge in [-0.3, -0.25) is 59.4 Å². The van der Waals surface area contributed by atoms with Crippen molar-refractivity contribution >= 4 is 57.4 Å². The Kier molecular flexibility index (Phi) is 29.7. The number of nitrogens with zero attached hydrogens (tertiary/aromatic N) is 18. The van der Waals surface area contributed by atoms with E-state index in [1.807, 2.05) is 158 Å². The van der Waals surface area contributed by atoms with E-state index < -0.39 is 0 Å². The number of aryl methyl sites for hydroxylation is 6. The van der Waals surface area contributed by atoms with E-state index in [4.69, 9.17) is 9.47 Å². The highest BCUT2D eigenvalue weighted by Gasteiger charge is 2.28. The van der Waals surface area contributed by atoms with Gasteiger partial charge < -0.3 is 30.7 Å². The molecule has 8 aromatic carbocycles. The third kappa shape index (κ3) is 24.3. The largest absolute Gasteiger partial charge is 0.487 e. The van der Waals surface area contributed by atoms with Crippen LogP contribution in [0.5, 0.6) is 11.5 Å². The van der Waals surface area contributed by atoms with E-state index in [1.165, 1.54) is 103 Å². The molecule has 0 bridgehead atoms. The summed E-state index contributed by atoms with van der Waals surface area (Å²) in [5.74, 6) is 7.51. The Morgan fingerprint density at radius 1 is 0.328 bits per heavy atom. The number of rotatable bonds is 27. The van der Waals surface area contributed by atoms with Crippen molar-refractivity contribution in [1.29, 1.82) is 0 Å². The number of benzene rings is 8. The van der Waals surface area contributed by atoms with Crippen molar-refractivity contribution in [2.75, 3.05) is 21.3 Å². The van der Waals surface area contributed by atoms with Gasteiger partial charge in [0.15, 0.2) is 11.6 Å². The number of nitrogens with one attached hydrogen (secondary N) is 10. The maximum atomic E-state index is 12.4. The molecule has 21 rings (SSSR count). The van der Waals surface area contributed by atoms with E-state index in [0.29, 0.717) is 124 Å². The van der Waals surface area contributed by atoms with Gasteiger partial charge in [-0.1, -0.05) is 182 Å². The number of fused-ring (bicyclic) bond motifs is 6. The van der Waals surface area contributed by atoms with Gasteiger partial charge in [0.25, 0.3) is 68.0 Å². The molecule has 1 aliphatic carbocycles. The molecule has 696 valence electrons. The van der Waals surface area contributed by atoms with E-state index in [1.54, 1.807) is 13.0 Å². The van der Waals surface area contributed by atoms with Crippen LogP contribution in [0.15, 0.2) is 284 Å². The number of H-pyrrole nitrogens is 6. The first-order valence-corrected chi connectivity index (χ1v) is 45.3. The first-order valence-electron chi connectivity index (χ1n) is 45.3. The summed E-state index contributed by atoms with van der Waals surface area (Å²) in [4.78, 5) is 124. The van der Waals surface area contributed by atoms with Crippen molar-refractivity contribution in [2.24, 2.45) is 0 Å². The van der Waals surface area contributed by atoms with E-state index >= 15 is 0 Å². The number of ether oxygens (including phenoxy) is 2. The average Bonchev–Trinajstić information content (AvgIpc) is 1.68. The number of anilines is 4. The normalized spacial score (nSPS) is 11.5. The zero-order valence-corrected chi connectivity index (χ0v) is 76.9. The molecule has 12 heterocycles. The zero-order valence-electron chi connectivity index (χ0n) is 76.9. The highest BCUT2D eigenvalue weighted by Crippen LogP contribution is 2.38. The summed E-state index contributed by atoms with van der Waals surface area (Å²) in [6.45, 7) is 19.1. The molecule has 0 saturated heterocycles. The summed E-state index contributed by atoms with van der Waals surface area (Å²) < 4.78 is 19.4. The van der Waals surface area contributed by atoms with Crippen molar-refractivity contribution in [3.8, 4) is 34.3 Å². The summed E-state index contributed by atoms with van der Waals surface area (Å²) in [6.07, 6.45) is 10.2. The molecule has 0 radical (unpaired) electrons. The lowest BCUT2D eigenvalue weighted by molar-refractivity contribution is 0.301. The Hall–Kier alpha value is -17.3. The van der Waals surface area contributed by atoms with Gasteiger partial charge in [0.2, 0.25) is 0 Å². The molecule has 0 aliphatic heterocycles. The molecule has 0 atom stereocenters. The molecular formula is C101H104N28O8. The van der Waals surface area contributed by atoms with Crippen molar-refractivity contribution in [2.45, 2.75) is 152 Å². The minimum atomic E-state index is -0.218. The fraction of sp³-hybridized carbons (Fsp3) is 0.228. The van der Waals surface area contributed by atoms with Crippen molar-refractivity contribution in [3.63, 3.8) is 0 Å². The summed E-state index contributed by atoms with van der Waals surface area (Å²) >= 11 is 0. The molecule has 0 unspecified atom stereocenters. The highest BCUT2D eigenvalue weighted by molar-refractivity contribution is 5.58. The van der Waals surface area contributed by atoms with Gasteiger partial charge >= 0.3 is 0 Å². The van der Waals surface area contributed by atoms with Crippen LogP contribution in [-0.4, -0.2) is 117 Å². The van der Waals surface area contributed by atoms with Crippen LogP contribution in [0.4, 0.5) is 22.7 Å². The van der Waals surface area contributed by atoms with E-state index in [0.717, 1.165) is 96.1 Å². The van der Waals surface area contributed by atoms with Gasteiger partial charge in [0, 0.05) is 76.2 Å². The van der Waals surface area contributed by atoms with Gasteiger partial charge in [-0.05, 0) is 164 Å². The summed E-state index contributed by atoms with van der Waals surface area (Å²) in [7, 11) is 0. The van der Waals surface area contributed by atoms with E-state index in [2.05, 4.69) is 209 Å². The van der Waals surface area contributed by atoms with Crippen LogP contribution in [0.3, 0.4) is 0 Å². The van der Waals surface area contributed by atoms with Crippen LogP contribution in [0.2, 0.25) is 0 Å². The molecule has 1 aliphatic rings. The zero-order chi connectivity index (χ0) is 95.3. The van der Waals surface area contributed by atoms with Crippen molar-refractivity contribution in [3.05, 3.63) is 397 Å². The van der Waals surface area contributed by atoms with E-state index in [-0.39, 0.29) is 46.6 Å². The molecule has 1 saturated carbocycles. The third-order valence-corrected chi connectivity index (χ3v) is 22.4. The molecule has 36 heteroatoms. The Bertz CT molecular complexity index is 7690. The summed E-state index contributed by atoms with van der Waals surface area (Å²) in [6, 6.07) is 77.1. The molecule has 0 spiro atoms. The van der Waals surface area contributed by atoms with Gasteiger partial charge in [-0.2, -0.15) is 47.0 Å². The first kappa shape index (κ1) is 92.9. The molecule has 0 amide bonds. The number of aromatic amines is 6. The Morgan fingerprint density at radius 3 is 0.985 bits per heavy atom. The second-order valence-corrected chi connectivity index (χ2v) is 32.6. The van der Waals surface area contributed by atoms with Crippen molar-refractivity contribution < 1.29 is 9.47 Å². The smallest absolute Gasteiger partial charge is 0.274 e. The quantitative estimate of drug-likeness (QED) is 0.0229. The van der Waals surface area contributed by atoms with Crippen LogP contribution >= 0.6 is 0 Å². The monoisotopic (exact) mass is 1840 g/mol. The molecule has 1 fully saturated rings. The van der Waals surface area contributed by atoms with Crippen LogP contribution in [0.25, 0.3) is 57.4 Å². The molecule has 137 heavy (non-hydrogen) atoms.